The third kappa shape index (κ3) is 2.22. The number of amides is 1. The predicted molar refractivity (Wildman–Crippen MR) is 62.9 cm³/mol. The van der Waals surface area contributed by atoms with Crippen molar-refractivity contribution >= 4 is 23.2 Å². The highest BCUT2D eigenvalue weighted by Gasteiger charge is 2.25. The van der Waals surface area contributed by atoms with Crippen molar-refractivity contribution in [3.8, 4) is 5.75 Å². The zero-order valence-electron chi connectivity index (χ0n) is 8.92. The molecule has 0 radical (unpaired) electrons. The summed E-state index contributed by atoms with van der Waals surface area (Å²) in [6.45, 7) is 0. The molecule has 5 heteroatoms. The van der Waals surface area contributed by atoms with Gasteiger partial charge in [0.05, 0.1) is 23.4 Å². The first-order chi connectivity index (χ1) is 7.61. The van der Waals surface area contributed by atoms with E-state index in [-0.39, 0.29) is 5.91 Å². The lowest BCUT2D eigenvalue weighted by Gasteiger charge is -2.10. The van der Waals surface area contributed by atoms with Crippen LogP contribution in [-0.4, -0.2) is 19.1 Å². The summed E-state index contributed by atoms with van der Waals surface area (Å²) in [6.07, 6.45) is 2.08. The molecule has 0 unspecified atom stereocenters. The fourth-order valence-corrected chi connectivity index (χ4v) is 1.57. The van der Waals surface area contributed by atoms with Crippen molar-refractivity contribution < 1.29 is 9.53 Å². The highest BCUT2D eigenvalue weighted by Crippen LogP contribution is 2.29. The minimum absolute atomic E-state index is 0.166. The average Bonchev–Trinajstić information content (AvgIpc) is 3.05. The summed E-state index contributed by atoms with van der Waals surface area (Å²) in [7, 11) is 1.50. The van der Waals surface area contributed by atoms with Gasteiger partial charge >= 0.3 is 0 Å². The number of halogens is 1. The van der Waals surface area contributed by atoms with E-state index < -0.39 is 0 Å². The molecule has 0 bridgehead atoms. The molecule has 0 spiro atoms. The zero-order chi connectivity index (χ0) is 11.7. The Hall–Kier alpha value is -1.42. The number of carbonyl (C=O) groups is 1. The van der Waals surface area contributed by atoms with Crippen molar-refractivity contribution in [2.75, 3.05) is 12.8 Å². The Bertz CT molecular complexity index is 430. The second-order valence-corrected chi connectivity index (χ2v) is 4.23. The van der Waals surface area contributed by atoms with Crippen LogP contribution in [-0.2, 0) is 0 Å². The molecular weight excluding hydrogens is 228 g/mol. The summed E-state index contributed by atoms with van der Waals surface area (Å²) in [6, 6.07) is 3.39. The minimum Gasteiger partial charge on any atom is -0.496 e. The van der Waals surface area contributed by atoms with E-state index in [4.69, 9.17) is 22.1 Å². The van der Waals surface area contributed by atoms with E-state index in [0.29, 0.717) is 28.1 Å². The van der Waals surface area contributed by atoms with Gasteiger partial charge in [-0.3, -0.25) is 4.79 Å². The molecule has 0 aliphatic heterocycles. The van der Waals surface area contributed by atoms with E-state index in [0.717, 1.165) is 12.8 Å². The lowest BCUT2D eigenvalue weighted by molar-refractivity contribution is 0.0948. The quantitative estimate of drug-likeness (QED) is 0.793. The average molecular weight is 241 g/mol. The zero-order valence-corrected chi connectivity index (χ0v) is 9.67. The number of hydrogen-bond acceptors (Lipinski definition) is 3. The lowest BCUT2D eigenvalue weighted by Crippen LogP contribution is -2.25. The number of nitrogens with two attached hydrogens (primary N) is 1. The molecule has 0 aromatic heterocycles. The van der Waals surface area contributed by atoms with Gasteiger partial charge in [-0.05, 0) is 18.9 Å². The molecule has 2 rings (SSSR count). The van der Waals surface area contributed by atoms with E-state index in [9.17, 15) is 4.79 Å². The number of carbonyl (C=O) groups excluding carboxylic acids is 1. The van der Waals surface area contributed by atoms with Crippen LogP contribution in [0.25, 0.3) is 0 Å². The Morgan fingerprint density at radius 3 is 2.81 bits per heavy atom. The first-order valence-electron chi connectivity index (χ1n) is 5.05. The molecule has 1 amide bonds. The number of benzene rings is 1. The molecule has 3 N–H and O–H groups in total. The summed E-state index contributed by atoms with van der Waals surface area (Å²) < 4.78 is 5.10. The molecule has 0 heterocycles. The van der Waals surface area contributed by atoms with Crippen LogP contribution >= 0.6 is 11.6 Å². The summed E-state index contributed by atoms with van der Waals surface area (Å²) in [5.41, 5.74) is 6.46. The van der Waals surface area contributed by atoms with E-state index >= 15 is 0 Å². The van der Waals surface area contributed by atoms with Crippen LogP contribution in [0.2, 0.25) is 5.02 Å². The molecular formula is C11H13ClN2O2. The van der Waals surface area contributed by atoms with E-state index in [1.807, 2.05) is 0 Å². The highest BCUT2D eigenvalue weighted by atomic mass is 35.5. The maximum Gasteiger partial charge on any atom is 0.255 e. The summed E-state index contributed by atoms with van der Waals surface area (Å²) in [4.78, 5) is 11.8. The normalized spacial score (nSPS) is 14.6. The number of anilines is 1. The van der Waals surface area contributed by atoms with E-state index in [2.05, 4.69) is 5.32 Å². The number of hydrogen-bond donors (Lipinski definition) is 2. The van der Waals surface area contributed by atoms with Gasteiger partial charge in [-0.15, -0.1) is 0 Å². The second kappa shape index (κ2) is 4.22. The van der Waals surface area contributed by atoms with Crippen LogP contribution in [0.5, 0.6) is 5.75 Å². The van der Waals surface area contributed by atoms with Crippen molar-refractivity contribution in [1.82, 2.24) is 5.32 Å². The highest BCUT2D eigenvalue weighted by molar-refractivity contribution is 6.33. The predicted octanol–water partition coefficient (Wildman–Crippen LogP) is 1.82. The third-order valence-electron chi connectivity index (χ3n) is 2.48. The van der Waals surface area contributed by atoms with Crippen LogP contribution in [0.15, 0.2) is 12.1 Å². The van der Waals surface area contributed by atoms with Crippen molar-refractivity contribution in [3.63, 3.8) is 0 Å². The molecule has 1 aliphatic carbocycles. The van der Waals surface area contributed by atoms with Crippen molar-refractivity contribution in [3.05, 3.63) is 22.7 Å². The minimum atomic E-state index is -0.166. The molecule has 1 fully saturated rings. The monoisotopic (exact) mass is 240 g/mol. The molecule has 0 atom stereocenters. The number of ether oxygens (including phenoxy) is 1. The van der Waals surface area contributed by atoms with Gasteiger partial charge in [0.25, 0.3) is 5.91 Å². The van der Waals surface area contributed by atoms with Crippen molar-refractivity contribution in [2.24, 2.45) is 0 Å². The molecule has 4 nitrogen and oxygen atoms in total. The fraction of sp³-hybridized carbons (Fsp3) is 0.364. The van der Waals surface area contributed by atoms with Crippen LogP contribution in [0.4, 0.5) is 5.69 Å². The Morgan fingerprint density at radius 1 is 1.56 bits per heavy atom. The van der Waals surface area contributed by atoms with Crippen molar-refractivity contribution in [1.29, 1.82) is 0 Å². The molecule has 1 aliphatic rings. The van der Waals surface area contributed by atoms with Crippen LogP contribution in [0.1, 0.15) is 23.2 Å². The van der Waals surface area contributed by atoms with Gasteiger partial charge in [-0.25, -0.2) is 0 Å². The molecule has 1 aromatic carbocycles. The molecule has 1 saturated carbocycles. The first-order valence-corrected chi connectivity index (χ1v) is 5.43. The first kappa shape index (κ1) is 11.1. The van der Waals surface area contributed by atoms with Gasteiger partial charge < -0.3 is 15.8 Å². The maximum atomic E-state index is 11.8. The molecule has 16 heavy (non-hydrogen) atoms. The number of nitrogen functional groups attached to an aromatic ring is 1. The van der Waals surface area contributed by atoms with Gasteiger partial charge in [0.15, 0.2) is 0 Å². The molecule has 86 valence electrons. The van der Waals surface area contributed by atoms with Gasteiger partial charge in [-0.1, -0.05) is 11.6 Å². The Kier molecular flexibility index (Phi) is 2.92. The van der Waals surface area contributed by atoms with Gasteiger partial charge in [0, 0.05) is 12.1 Å². The largest absolute Gasteiger partial charge is 0.496 e. The Balaban J connectivity index is 2.29. The van der Waals surface area contributed by atoms with Crippen LogP contribution < -0.4 is 15.8 Å². The lowest BCUT2D eigenvalue weighted by atomic mass is 10.1. The number of methoxy groups -OCH3 is 1. The van der Waals surface area contributed by atoms with Crippen molar-refractivity contribution in [2.45, 2.75) is 18.9 Å². The SMILES string of the molecule is COc1cc(N)c(Cl)cc1C(=O)NC1CC1. The van der Waals surface area contributed by atoms with Crippen LogP contribution in [0.3, 0.4) is 0 Å². The van der Waals surface area contributed by atoms with E-state index in [1.165, 1.54) is 13.2 Å². The van der Waals surface area contributed by atoms with Crippen LogP contribution in [0, 0.1) is 0 Å². The smallest absolute Gasteiger partial charge is 0.255 e. The maximum absolute atomic E-state index is 11.8. The summed E-state index contributed by atoms with van der Waals surface area (Å²) in [5.74, 6) is 0.279. The van der Waals surface area contributed by atoms with Gasteiger partial charge in [0.2, 0.25) is 0 Å². The number of nitrogens with one attached hydrogen (secondary N) is 1. The van der Waals surface area contributed by atoms with Gasteiger partial charge in [0.1, 0.15) is 5.75 Å². The molecule has 0 saturated heterocycles. The van der Waals surface area contributed by atoms with Gasteiger partial charge in [-0.2, -0.15) is 0 Å². The van der Waals surface area contributed by atoms with E-state index in [1.54, 1.807) is 6.07 Å². The molecule has 1 aromatic rings. The topological polar surface area (TPSA) is 64.3 Å². The standard InChI is InChI=1S/C11H13ClN2O2/c1-16-10-5-9(13)8(12)4-7(10)11(15)14-6-2-3-6/h4-6H,2-3,13H2,1H3,(H,14,15). The summed E-state index contributed by atoms with van der Waals surface area (Å²) in [5, 5.41) is 3.24. The Labute approximate surface area is 98.7 Å². The fourth-order valence-electron chi connectivity index (χ4n) is 1.41. The second-order valence-electron chi connectivity index (χ2n) is 3.82. The summed E-state index contributed by atoms with van der Waals surface area (Å²) >= 11 is 5.88. The third-order valence-corrected chi connectivity index (χ3v) is 2.80. The number of rotatable bonds is 3. The Morgan fingerprint density at radius 2 is 2.25 bits per heavy atom.